The summed E-state index contributed by atoms with van der Waals surface area (Å²) in [5, 5.41) is 13.0. The molecule has 0 fully saturated rings. The van der Waals surface area contributed by atoms with Gasteiger partial charge in [0.15, 0.2) is 4.80 Å². The highest BCUT2D eigenvalue weighted by Gasteiger charge is 2.15. The van der Waals surface area contributed by atoms with Gasteiger partial charge in [-0.1, -0.05) is 19.4 Å². The Kier molecular flexibility index (Phi) is 6.09. The molecule has 0 radical (unpaired) electrons. The van der Waals surface area contributed by atoms with Crippen LogP contribution >= 0.6 is 11.3 Å². The van der Waals surface area contributed by atoms with E-state index in [1.165, 1.54) is 11.1 Å². The fraction of sp³-hybridized carbons (Fsp3) is 0.318. The Morgan fingerprint density at radius 2 is 1.86 bits per heavy atom. The number of rotatable bonds is 6. The van der Waals surface area contributed by atoms with Gasteiger partial charge in [0, 0.05) is 23.6 Å². The molecule has 1 heterocycles. The van der Waals surface area contributed by atoms with E-state index in [4.69, 9.17) is 4.99 Å². The van der Waals surface area contributed by atoms with E-state index in [9.17, 15) is 10.1 Å². The molecule has 3 aromatic rings. The van der Waals surface area contributed by atoms with Crippen LogP contribution in [0.1, 0.15) is 43.9 Å². The van der Waals surface area contributed by atoms with Crippen LogP contribution in [0, 0.1) is 24.0 Å². The Morgan fingerprint density at radius 3 is 2.46 bits per heavy atom. The lowest BCUT2D eigenvalue weighted by molar-refractivity contribution is -0.384. The number of aromatic nitrogens is 1. The highest BCUT2D eigenvalue weighted by atomic mass is 32.1. The molecule has 0 bridgehead atoms. The normalized spacial score (nSPS) is 12.9. The van der Waals surface area contributed by atoms with Gasteiger partial charge in [-0.2, -0.15) is 0 Å². The second-order valence-corrected chi connectivity index (χ2v) is 7.93. The minimum atomic E-state index is -0.369. The van der Waals surface area contributed by atoms with E-state index in [1.54, 1.807) is 23.5 Å². The first-order valence-electron chi connectivity index (χ1n) is 9.47. The zero-order chi connectivity index (χ0) is 20.3. The third kappa shape index (κ3) is 4.22. The van der Waals surface area contributed by atoms with Gasteiger partial charge in [-0.25, -0.2) is 4.99 Å². The lowest BCUT2D eigenvalue weighted by Gasteiger charge is -2.16. The Balaban J connectivity index is 2.12. The number of hydrogen-bond donors (Lipinski definition) is 0. The van der Waals surface area contributed by atoms with Crippen LogP contribution in [0.3, 0.4) is 0 Å². The second kappa shape index (κ2) is 8.52. The number of hydrogen-bond acceptors (Lipinski definition) is 4. The molecule has 6 heteroatoms. The maximum absolute atomic E-state index is 11.0. The third-order valence-corrected chi connectivity index (χ3v) is 5.82. The Morgan fingerprint density at radius 1 is 1.14 bits per heavy atom. The maximum atomic E-state index is 11.0. The predicted octanol–water partition coefficient (Wildman–Crippen LogP) is 6.34. The van der Waals surface area contributed by atoms with Crippen molar-refractivity contribution in [3.05, 3.63) is 73.9 Å². The van der Waals surface area contributed by atoms with Gasteiger partial charge in [0.05, 0.1) is 16.3 Å². The standard InChI is InChI=1S/C22H25N3O2S/c1-5-6-17(4)24-21(18-8-11-20(12-9-18)25(26)27)14-28-22(24)23-19-10-7-15(2)16(3)13-19/h7-14,17H,5-6H2,1-4H3. The van der Waals surface area contributed by atoms with Gasteiger partial charge in [-0.05, 0) is 68.1 Å². The van der Waals surface area contributed by atoms with Crippen molar-refractivity contribution < 1.29 is 4.92 Å². The van der Waals surface area contributed by atoms with E-state index in [0.717, 1.165) is 34.6 Å². The van der Waals surface area contributed by atoms with Crippen molar-refractivity contribution in [2.24, 2.45) is 4.99 Å². The molecule has 0 aliphatic rings. The van der Waals surface area contributed by atoms with Crippen molar-refractivity contribution in [2.75, 3.05) is 0 Å². The molecular weight excluding hydrogens is 370 g/mol. The zero-order valence-corrected chi connectivity index (χ0v) is 17.5. The van der Waals surface area contributed by atoms with Gasteiger partial charge in [-0.3, -0.25) is 10.1 Å². The molecule has 0 aliphatic heterocycles. The van der Waals surface area contributed by atoms with Gasteiger partial charge in [0.1, 0.15) is 0 Å². The smallest absolute Gasteiger partial charge is 0.269 e. The van der Waals surface area contributed by atoms with Crippen molar-refractivity contribution in [1.82, 2.24) is 4.57 Å². The van der Waals surface area contributed by atoms with Crippen LogP contribution in [0.25, 0.3) is 11.3 Å². The summed E-state index contributed by atoms with van der Waals surface area (Å²) in [6.07, 6.45) is 2.11. The van der Waals surface area contributed by atoms with Crippen LogP contribution in [0.15, 0.2) is 52.8 Å². The molecule has 0 N–H and O–H groups in total. The van der Waals surface area contributed by atoms with Crippen molar-refractivity contribution in [1.29, 1.82) is 0 Å². The molecule has 0 spiro atoms. The summed E-state index contributed by atoms with van der Waals surface area (Å²) in [6.45, 7) is 8.57. The van der Waals surface area contributed by atoms with Crippen molar-refractivity contribution in [2.45, 2.75) is 46.6 Å². The van der Waals surface area contributed by atoms with Crippen molar-refractivity contribution >= 4 is 22.7 Å². The average molecular weight is 396 g/mol. The summed E-state index contributed by atoms with van der Waals surface area (Å²) in [7, 11) is 0. The molecule has 146 valence electrons. The van der Waals surface area contributed by atoms with Crippen molar-refractivity contribution in [3.8, 4) is 11.3 Å². The van der Waals surface area contributed by atoms with Crippen LogP contribution in [-0.4, -0.2) is 9.49 Å². The Labute approximate surface area is 169 Å². The van der Waals surface area contributed by atoms with E-state index in [0.29, 0.717) is 0 Å². The SMILES string of the molecule is CCCC(C)n1c(-c2ccc([N+](=O)[O-])cc2)csc1=Nc1ccc(C)c(C)c1. The Hall–Kier alpha value is -2.73. The molecule has 0 aliphatic carbocycles. The molecule has 1 unspecified atom stereocenters. The van der Waals surface area contributed by atoms with E-state index < -0.39 is 0 Å². The summed E-state index contributed by atoms with van der Waals surface area (Å²) in [6, 6.07) is 13.3. The first kappa shape index (κ1) is 20.0. The fourth-order valence-electron chi connectivity index (χ4n) is 3.24. The van der Waals surface area contributed by atoms with E-state index >= 15 is 0 Å². The lowest BCUT2D eigenvalue weighted by atomic mass is 10.1. The minimum Gasteiger partial charge on any atom is -0.314 e. The first-order valence-corrected chi connectivity index (χ1v) is 10.4. The molecule has 1 aromatic heterocycles. The molecular formula is C22H25N3O2S. The monoisotopic (exact) mass is 395 g/mol. The minimum absolute atomic E-state index is 0.104. The molecule has 3 rings (SSSR count). The topological polar surface area (TPSA) is 60.4 Å². The molecule has 1 atom stereocenters. The molecule has 0 saturated carbocycles. The number of aryl methyl sites for hydroxylation is 2. The third-order valence-electron chi connectivity index (χ3n) is 4.98. The summed E-state index contributed by atoms with van der Waals surface area (Å²) < 4.78 is 2.25. The van der Waals surface area contributed by atoms with Gasteiger partial charge >= 0.3 is 0 Å². The largest absolute Gasteiger partial charge is 0.314 e. The quantitative estimate of drug-likeness (QED) is 0.361. The van der Waals surface area contributed by atoms with Crippen LogP contribution in [0.5, 0.6) is 0 Å². The summed E-state index contributed by atoms with van der Waals surface area (Å²) >= 11 is 1.60. The number of nitro groups is 1. The van der Waals surface area contributed by atoms with Crippen LogP contribution < -0.4 is 4.80 Å². The molecule has 0 amide bonds. The number of nitro benzene ring substituents is 1. The highest BCUT2D eigenvalue weighted by molar-refractivity contribution is 7.07. The molecule has 28 heavy (non-hydrogen) atoms. The number of thiazole rings is 1. The molecule has 2 aromatic carbocycles. The van der Waals surface area contributed by atoms with Crippen LogP contribution in [-0.2, 0) is 0 Å². The molecule has 5 nitrogen and oxygen atoms in total. The van der Waals surface area contributed by atoms with Gasteiger partial charge < -0.3 is 4.57 Å². The fourth-order valence-corrected chi connectivity index (χ4v) is 4.26. The number of benzene rings is 2. The van der Waals surface area contributed by atoms with Gasteiger partial charge in [0.2, 0.25) is 0 Å². The summed E-state index contributed by atoms with van der Waals surface area (Å²) in [5.74, 6) is 0. The summed E-state index contributed by atoms with van der Waals surface area (Å²) in [5.41, 5.74) is 5.53. The van der Waals surface area contributed by atoms with Crippen molar-refractivity contribution in [3.63, 3.8) is 0 Å². The Bertz CT molecular complexity index is 1050. The zero-order valence-electron chi connectivity index (χ0n) is 16.7. The van der Waals surface area contributed by atoms with Crippen LogP contribution in [0.2, 0.25) is 0 Å². The van der Waals surface area contributed by atoms with Gasteiger partial charge in [-0.15, -0.1) is 11.3 Å². The first-order chi connectivity index (χ1) is 13.4. The number of non-ortho nitro benzene ring substituents is 1. The summed E-state index contributed by atoms with van der Waals surface area (Å²) in [4.78, 5) is 16.4. The van der Waals surface area contributed by atoms with E-state index in [2.05, 4.69) is 49.8 Å². The maximum Gasteiger partial charge on any atom is 0.269 e. The average Bonchev–Trinajstić information content (AvgIpc) is 3.08. The predicted molar refractivity (Wildman–Crippen MR) is 115 cm³/mol. The lowest BCUT2D eigenvalue weighted by Crippen LogP contribution is -2.19. The second-order valence-electron chi connectivity index (χ2n) is 7.10. The van der Waals surface area contributed by atoms with E-state index in [1.807, 2.05) is 18.2 Å². The van der Waals surface area contributed by atoms with Crippen LogP contribution in [0.4, 0.5) is 11.4 Å². The highest BCUT2D eigenvalue weighted by Crippen LogP contribution is 2.27. The molecule has 0 saturated heterocycles. The number of nitrogens with zero attached hydrogens (tertiary/aromatic N) is 3. The van der Waals surface area contributed by atoms with E-state index in [-0.39, 0.29) is 16.7 Å². The van der Waals surface area contributed by atoms with Gasteiger partial charge in [0.25, 0.3) is 5.69 Å².